The van der Waals surface area contributed by atoms with Crippen molar-refractivity contribution in [1.82, 2.24) is 14.9 Å². The Morgan fingerprint density at radius 3 is 2.94 bits per heavy atom. The highest BCUT2D eigenvalue weighted by atomic mass is 16.5. The van der Waals surface area contributed by atoms with Gasteiger partial charge in [-0.1, -0.05) is 0 Å². The second kappa shape index (κ2) is 5.05. The van der Waals surface area contributed by atoms with E-state index in [9.17, 15) is 4.79 Å². The third-order valence-corrected chi connectivity index (χ3v) is 2.48. The van der Waals surface area contributed by atoms with Crippen molar-refractivity contribution in [3.8, 4) is 6.01 Å². The minimum atomic E-state index is -0.243. The van der Waals surface area contributed by atoms with Gasteiger partial charge in [-0.05, 0) is 32.3 Å². The van der Waals surface area contributed by atoms with Gasteiger partial charge in [-0.25, -0.2) is 0 Å². The van der Waals surface area contributed by atoms with Crippen LogP contribution in [0.2, 0.25) is 0 Å². The van der Waals surface area contributed by atoms with E-state index in [-0.39, 0.29) is 11.6 Å². The number of H-pyrrole nitrogens is 1. The summed E-state index contributed by atoms with van der Waals surface area (Å²) in [5, 5.41) is 0.468. The fourth-order valence-electron chi connectivity index (χ4n) is 1.53. The van der Waals surface area contributed by atoms with Gasteiger partial charge in [0.05, 0.1) is 10.9 Å². The second-order valence-corrected chi connectivity index (χ2v) is 4.30. The molecule has 0 amide bonds. The van der Waals surface area contributed by atoms with Crippen LogP contribution in [-0.4, -0.2) is 42.1 Å². The van der Waals surface area contributed by atoms with Gasteiger partial charge in [-0.2, -0.15) is 4.98 Å². The molecule has 0 atom stereocenters. The molecule has 0 saturated heterocycles. The summed E-state index contributed by atoms with van der Waals surface area (Å²) in [7, 11) is 3.89. The topological polar surface area (TPSA) is 84.2 Å². The summed E-state index contributed by atoms with van der Waals surface area (Å²) in [6.45, 7) is 1.22. The Kier molecular flexibility index (Phi) is 3.47. The number of nitrogens with zero attached hydrogens (tertiary/aromatic N) is 2. The maximum atomic E-state index is 11.8. The fourth-order valence-corrected chi connectivity index (χ4v) is 1.53. The molecule has 1 heterocycles. The van der Waals surface area contributed by atoms with Gasteiger partial charge in [-0.3, -0.25) is 9.78 Å². The molecule has 0 fully saturated rings. The number of nitrogens with two attached hydrogens (primary N) is 1. The van der Waals surface area contributed by atoms with Crippen molar-refractivity contribution >= 4 is 16.6 Å². The number of benzene rings is 1. The number of aromatic nitrogens is 2. The number of hydrogen-bond acceptors (Lipinski definition) is 5. The number of nitrogens with one attached hydrogen (secondary N) is 1. The van der Waals surface area contributed by atoms with Gasteiger partial charge in [0.1, 0.15) is 6.61 Å². The molecule has 0 unspecified atom stereocenters. The SMILES string of the molecule is CN(C)CCOc1nc2ccc(N)cc2c(=O)[nH]1. The first-order valence-corrected chi connectivity index (χ1v) is 5.63. The maximum Gasteiger partial charge on any atom is 0.297 e. The molecule has 1 aromatic heterocycles. The smallest absolute Gasteiger partial charge is 0.297 e. The molecule has 2 aromatic rings. The molecule has 0 aliphatic heterocycles. The Balaban J connectivity index is 2.26. The van der Waals surface area contributed by atoms with E-state index >= 15 is 0 Å². The van der Waals surface area contributed by atoms with Crippen molar-refractivity contribution < 1.29 is 4.74 Å². The summed E-state index contributed by atoms with van der Waals surface area (Å²) in [5.41, 5.74) is 6.50. The molecule has 0 bridgehead atoms. The highest BCUT2D eigenvalue weighted by Gasteiger charge is 2.05. The van der Waals surface area contributed by atoms with Crippen molar-refractivity contribution in [2.24, 2.45) is 0 Å². The number of aromatic amines is 1. The summed E-state index contributed by atoms with van der Waals surface area (Å²) < 4.78 is 5.40. The molecule has 96 valence electrons. The quantitative estimate of drug-likeness (QED) is 0.767. The molecule has 18 heavy (non-hydrogen) atoms. The van der Waals surface area contributed by atoms with E-state index in [0.29, 0.717) is 23.2 Å². The zero-order chi connectivity index (χ0) is 13.1. The van der Waals surface area contributed by atoms with Crippen molar-refractivity contribution in [2.45, 2.75) is 0 Å². The molecule has 6 heteroatoms. The van der Waals surface area contributed by atoms with E-state index in [4.69, 9.17) is 10.5 Å². The van der Waals surface area contributed by atoms with Crippen molar-refractivity contribution in [2.75, 3.05) is 33.0 Å². The van der Waals surface area contributed by atoms with Crippen LogP contribution >= 0.6 is 0 Å². The second-order valence-electron chi connectivity index (χ2n) is 4.30. The molecular formula is C12H16N4O2. The molecule has 0 spiro atoms. The van der Waals surface area contributed by atoms with Crippen LogP contribution < -0.4 is 16.0 Å². The first kappa shape index (κ1) is 12.4. The molecular weight excluding hydrogens is 232 g/mol. The van der Waals surface area contributed by atoms with Gasteiger partial charge in [0.15, 0.2) is 0 Å². The molecule has 2 rings (SSSR count). The lowest BCUT2D eigenvalue weighted by Gasteiger charge is -2.10. The van der Waals surface area contributed by atoms with E-state index in [1.54, 1.807) is 18.2 Å². The number of rotatable bonds is 4. The van der Waals surface area contributed by atoms with Crippen LogP contribution in [0.1, 0.15) is 0 Å². The van der Waals surface area contributed by atoms with Gasteiger partial charge >= 0.3 is 0 Å². The molecule has 6 nitrogen and oxygen atoms in total. The molecule has 0 saturated carbocycles. The zero-order valence-electron chi connectivity index (χ0n) is 10.4. The lowest BCUT2D eigenvalue weighted by molar-refractivity contribution is 0.246. The lowest BCUT2D eigenvalue weighted by atomic mass is 10.2. The highest BCUT2D eigenvalue weighted by molar-refractivity contribution is 5.81. The number of ether oxygens (including phenoxy) is 1. The van der Waals surface area contributed by atoms with E-state index in [0.717, 1.165) is 6.54 Å². The molecule has 0 aliphatic rings. The molecule has 0 radical (unpaired) electrons. The predicted octanol–water partition coefficient (Wildman–Crippen LogP) is 0.446. The van der Waals surface area contributed by atoms with Crippen LogP contribution in [0, 0.1) is 0 Å². The predicted molar refractivity (Wildman–Crippen MR) is 70.8 cm³/mol. The minimum Gasteiger partial charge on any atom is -0.463 e. The molecule has 0 aliphatic carbocycles. The third-order valence-electron chi connectivity index (χ3n) is 2.48. The Labute approximate surface area is 104 Å². The number of fused-ring (bicyclic) bond motifs is 1. The van der Waals surface area contributed by atoms with Crippen molar-refractivity contribution in [3.63, 3.8) is 0 Å². The fraction of sp³-hybridized carbons (Fsp3) is 0.333. The Bertz CT molecular complexity index is 607. The monoisotopic (exact) mass is 248 g/mol. The summed E-state index contributed by atoms with van der Waals surface area (Å²) in [5.74, 6) is 0. The summed E-state index contributed by atoms with van der Waals surface area (Å²) in [6, 6.07) is 5.25. The van der Waals surface area contributed by atoms with Crippen LogP contribution in [-0.2, 0) is 0 Å². The minimum absolute atomic E-state index is 0.235. The average Bonchev–Trinajstić information content (AvgIpc) is 2.30. The average molecular weight is 248 g/mol. The number of anilines is 1. The van der Waals surface area contributed by atoms with Gasteiger partial charge in [0.25, 0.3) is 11.6 Å². The largest absolute Gasteiger partial charge is 0.463 e. The van der Waals surface area contributed by atoms with Crippen molar-refractivity contribution in [1.29, 1.82) is 0 Å². The lowest BCUT2D eigenvalue weighted by Crippen LogP contribution is -2.21. The summed E-state index contributed by atoms with van der Waals surface area (Å²) in [6.07, 6.45) is 0. The van der Waals surface area contributed by atoms with Crippen LogP contribution in [0.4, 0.5) is 5.69 Å². The van der Waals surface area contributed by atoms with Crippen LogP contribution in [0.25, 0.3) is 10.9 Å². The number of likely N-dealkylation sites (N-methyl/N-ethyl adjacent to an activating group) is 1. The Hall–Kier alpha value is -2.08. The van der Waals surface area contributed by atoms with Crippen LogP contribution in [0.15, 0.2) is 23.0 Å². The summed E-state index contributed by atoms with van der Waals surface area (Å²) in [4.78, 5) is 20.6. The van der Waals surface area contributed by atoms with E-state index in [2.05, 4.69) is 9.97 Å². The maximum absolute atomic E-state index is 11.8. The first-order chi connectivity index (χ1) is 8.56. The highest BCUT2D eigenvalue weighted by Crippen LogP contribution is 2.13. The number of nitrogen functional groups attached to an aromatic ring is 1. The van der Waals surface area contributed by atoms with Gasteiger partial charge in [0, 0.05) is 12.2 Å². The van der Waals surface area contributed by atoms with Crippen LogP contribution in [0.3, 0.4) is 0 Å². The molecule has 3 N–H and O–H groups in total. The van der Waals surface area contributed by atoms with E-state index in [1.165, 1.54) is 0 Å². The zero-order valence-corrected chi connectivity index (χ0v) is 10.4. The van der Waals surface area contributed by atoms with Crippen molar-refractivity contribution in [3.05, 3.63) is 28.6 Å². The third kappa shape index (κ3) is 2.78. The Morgan fingerprint density at radius 2 is 2.22 bits per heavy atom. The van der Waals surface area contributed by atoms with Crippen LogP contribution in [0.5, 0.6) is 6.01 Å². The number of hydrogen-bond donors (Lipinski definition) is 2. The Morgan fingerprint density at radius 1 is 1.44 bits per heavy atom. The van der Waals surface area contributed by atoms with Gasteiger partial charge < -0.3 is 15.4 Å². The normalized spacial score (nSPS) is 11.1. The first-order valence-electron chi connectivity index (χ1n) is 5.63. The molecule has 1 aromatic carbocycles. The standard InChI is InChI=1S/C12H16N4O2/c1-16(2)5-6-18-12-14-10-4-3-8(13)7-9(10)11(17)15-12/h3-4,7H,5-6,13H2,1-2H3,(H,14,15,17). The van der Waals surface area contributed by atoms with Gasteiger partial charge in [-0.15, -0.1) is 0 Å². The van der Waals surface area contributed by atoms with E-state index in [1.807, 2.05) is 19.0 Å². The van der Waals surface area contributed by atoms with Gasteiger partial charge in [0.2, 0.25) is 0 Å². The summed E-state index contributed by atoms with van der Waals surface area (Å²) >= 11 is 0. The van der Waals surface area contributed by atoms with E-state index < -0.39 is 0 Å².